The second-order valence-corrected chi connectivity index (χ2v) is 7.05. The van der Waals surface area contributed by atoms with Crippen molar-refractivity contribution >= 4 is 17.2 Å². The molecule has 1 unspecified atom stereocenters. The van der Waals surface area contributed by atoms with Crippen LogP contribution in [0.15, 0.2) is 34.9 Å². The van der Waals surface area contributed by atoms with Crippen LogP contribution in [0.1, 0.15) is 53.7 Å². The Balaban J connectivity index is 1.50. The van der Waals surface area contributed by atoms with E-state index in [-0.39, 0.29) is 5.91 Å². The van der Waals surface area contributed by atoms with Crippen molar-refractivity contribution in [2.75, 3.05) is 0 Å². The SMILES string of the molecule is O=C(CC1CCCC1)NCc1ccc(C(O)c2ccco2)s1. The molecule has 0 aliphatic heterocycles. The van der Waals surface area contributed by atoms with Crippen LogP contribution in [0.2, 0.25) is 0 Å². The summed E-state index contributed by atoms with van der Waals surface area (Å²) in [5, 5.41) is 13.2. The highest BCUT2D eigenvalue weighted by Gasteiger charge is 2.19. The fourth-order valence-corrected chi connectivity index (χ4v) is 3.91. The summed E-state index contributed by atoms with van der Waals surface area (Å²) in [4.78, 5) is 13.8. The molecule has 5 heteroatoms. The number of thiophene rings is 1. The molecule has 1 amide bonds. The van der Waals surface area contributed by atoms with Crippen molar-refractivity contribution < 1.29 is 14.3 Å². The molecule has 4 nitrogen and oxygen atoms in total. The summed E-state index contributed by atoms with van der Waals surface area (Å²) in [6.45, 7) is 0.529. The first-order chi connectivity index (χ1) is 10.7. The fourth-order valence-electron chi connectivity index (χ4n) is 2.96. The molecule has 1 atom stereocenters. The van der Waals surface area contributed by atoms with Crippen molar-refractivity contribution in [2.45, 2.75) is 44.8 Å². The van der Waals surface area contributed by atoms with Crippen LogP contribution < -0.4 is 5.32 Å². The molecule has 2 aromatic heterocycles. The van der Waals surface area contributed by atoms with E-state index in [2.05, 4.69) is 5.32 Å². The smallest absolute Gasteiger partial charge is 0.220 e. The average molecular weight is 319 g/mol. The van der Waals surface area contributed by atoms with Crippen molar-refractivity contribution in [3.8, 4) is 0 Å². The summed E-state index contributed by atoms with van der Waals surface area (Å²) < 4.78 is 5.22. The second kappa shape index (κ2) is 7.11. The van der Waals surface area contributed by atoms with Crippen LogP contribution in [0.25, 0.3) is 0 Å². The topological polar surface area (TPSA) is 62.5 Å². The van der Waals surface area contributed by atoms with E-state index in [0.29, 0.717) is 24.6 Å². The molecule has 1 aliphatic carbocycles. The van der Waals surface area contributed by atoms with Gasteiger partial charge in [-0.1, -0.05) is 12.8 Å². The molecule has 0 aromatic carbocycles. The highest BCUT2D eigenvalue weighted by atomic mass is 32.1. The number of hydrogen-bond acceptors (Lipinski definition) is 4. The molecular weight excluding hydrogens is 298 g/mol. The number of rotatable bonds is 6. The predicted octanol–water partition coefficient (Wildman–Crippen LogP) is 3.62. The molecule has 0 bridgehead atoms. The molecular formula is C17H21NO3S. The Labute approximate surface area is 134 Å². The molecule has 118 valence electrons. The highest BCUT2D eigenvalue weighted by Crippen LogP contribution is 2.29. The van der Waals surface area contributed by atoms with Crippen LogP contribution in [-0.4, -0.2) is 11.0 Å². The highest BCUT2D eigenvalue weighted by molar-refractivity contribution is 7.12. The molecule has 1 saturated carbocycles. The lowest BCUT2D eigenvalue weighted by molar-refractivity contribution is -0.122. The third-order valence-electron chi connectivity index (χ3n) is 4.17. The number of aliphatic hydroxyl groups excluding tert-OH is 1. The van der Waals surface area contributed by atoms with Crippen LogP contribution in [0.3, 0.4) is 0 Å². The minimum absolute atomic E-state index is 0.133. The lowest BCUT2D eigenvalue weighted by atomic mass is 10.0. The van der Waals surface area contributed by atoms with E-state index in [0.717, 1.165) is 9.75 Å². The zero-order valence-corrected chi connectivity index (χ0v) is 13.3. The number of aliphatic hydroxyl groups is 1. The second-order valence-electron chi connectivity index (χ2n) is 5.85. The van der Waals surface area contributed by atoms with Crippen molar-refractivity contribution in [1.82, 2.24) is 5.32 Å². The van der Waals surface area contributed by atoms with Crippen LogP contribution in [0.5, 0.6) is 0 Å². The van der Waals surface area contributed by atoms with Crippen LogP contribution in [-0.2, 0) is 11.3 Å². The fraction of sp³-hybridized carbons (Fsp3) is 0.471. The first-order valence-corrected chi connectivity index (χ1v) is 8.61. The van der Waals surface area contributed by atoms with Gasteiger partial charge in [0.15, 0.2) is 0 Å². The summed E-state index contributed by atoms with van der Waals surface area (Å²) >= 11 is 1.50. The van der Waals surface area contributed by atoms with Crippen LogP contribution in [0.4, 0.5) is 0 Å². The van der Waals surface area contributed by atoms with Crippen molar-refractivity contribution in [2.24, 2.45) is 5.92 Å². The van der Waals surface area contributed by atoms with Gasteiger partial charge in [-0.05, 0) is 43.0 Å². The van der Waals surface area contributed by atoms with Gasteiger partial charge in [-0.2, -0.15) is 0 Å². The van der Waals surface area contributed by atoms with Crippen molar-refractivity contribution in [3.63, 3.8) is 0 Å². The molecule has 0 saturated heterocycles. The largest absolute Gasteiger partial charge is 0.466 e. The summed E-state index contributed by atoms with van der Waals surface area (Å²) in [5.41, 5.74) is 0. The maximum Gasteiger partial charge on any atom is 0.220 e. The first kappa shape index (κ1) is 15.3. The molecule has 0 spiro atoms. The maximum absolute atomic E-state index is 11.9. The van der Waals surface area contributed by atoms with Crippen LogP contribution in [0, 0.1) is 5.92 Å². The molecule has 3 rings (SSSR count). The molecule has 22 heavy (non-hydrogen) atoms. The zero-order valence-electron chi connectivity index (χ0n) is 12.5. The third kappa shape index (κ3) is 3.78. The minimum Gasteiger partial charge on any atom is -0.466 e. The van der Waals surface area contributed by atoms with Gasteiger partial charge >= 0.3 is 0 Å². The van der Waals surface area contributed by atoms with E-state index in [1.807, 2.05) is 12.1 Å². The summed E-state index contributed by atoms with van der Waals surface area (Å²) in [5.74, 6) is 1.24. The van der Waals surface area contributed by atoms with Gasteiger partial charge in [-0.15, -0.1) is 11.3 Å². The van der Waals surface area contributed by atoms with Gasteiger partial charge < -0.3 is 14.8 Å². The van der Waals surface area contributed by atoms with Gasteiger partial charge in [0, 0.05) is 16.2 Å². The molecule has 2 heterocycles. The van der Waals surface area contributed by atoms with Gasteiger partial charge in [-0.25, -0.2) is 0 Å². The summed E-state index contributed by atoms with van der Waals surface area (Å²) in [6, 6.07) is 7.35. The van der Waals surface area contributed by atoms with E-state index in [9.17, 15) is 9.90 Å². The number of furan rings is 1. The van der Waals surface area contributed by atoms with Gasteiger partial charge in [-0.3, -0.25) is 4.79 Å². The number of amides is 1. The number of nitrogens with one attached hydrogen (secondary N) is 1. The van der Waals surface area contributed by atoms with E-state index >= 15 is 0 Å². The van der Waals surface area contributed by atoms with Gasteiger partial charge in [0.1, 0.15) is 11.9 Å². The minimum atomic E-state index is -0.733. The summed E-state index contributed by atoms with van der Waals surface area (Å²) in [7, 11) is 0. The molecule has 1 fully saturated rings. The number of hydrogen-bond donors (Lipinski definition) is 2. The van der Waals surface area contributed by atoms with E-state index < -0.39 is 6.10 Å². The number of carbonyl (C=O) groups excluding carboxylic acids is 1. The standard InChI is InChI=1S/C17H21NO3S/c19-16(10-12-4-1-2-5-12)18-11-13-7-8-15(22-13)17(20)14-6-3-9-21-14/h3,6-9,12,17,20H,1-2,4-5,10-11H2,(H,18,19). The molecule has 0 radical (unpaired) electrons. The summed E-state index contributed by atoms with van der Waals surface area (Å²) in [6.07, 6.45) is 6.36. The van der Waals surface area contributed by atoms with Crippen LogP contribution >= 0.6 is 11.3 Å². The van der Waals surface area contributed by atoms with Gasteiger partial charge in [0.05, 0.1) is 12.8 Å². The molecule has 2 N–H and O–H groups in total. The Morgan fingerprint density at radius 3 is 2.91 bits per heavy atom. The van der Waals surface area contributed by atoms with Crippen molar-refractivity contribution in [3.05, 3.63) is 46.0 Å². The van der Waals surface area contributed by atoms with E-state index in [4.69, 9.17) is 4.42 Å². The quantitative estimate of drug-likeness (QED) is 0.855. The van der Waals surface area contributed by atoms with E-state index in [1.165, 1.54) is 37.0 Å². The maximum atomic E-state index is 11.9. The Morgan fingerprint density at radius 2 is 2.18 bits per heavy atom. The number of carbonyl (C=O) groups is 1. The predicted molar refractivity (Wildman–Crippen MR) is 85.5 cm³/mol. The average Bonchev–Trinajstić information content (AvgIpc) is 3.26. The normalized spacial score (nSPS) is 16.8. The van der Waals surface area contributed by atoms with Gasteiger partial charge in [0.25, 0.3) is 0 Å². The Bertz CT molecular complexity index is 599. The third-order valence-corrected chi connectivity index (χ3v) is 5.31. The first-order valence-electron chi connectivity index (χ1n) is 7.79. The molecule has 1 aliphatic rings. The van der Waals surface area contributed by atoms with E-state index in [1.54, 1.807) is 18.4 Å². The molecule has 2 aromatic rings. The monoisotopic (exact) mass is 319 g/mol. The van der Waals surface area contributed by atoms with Crippen molar-refractivity contribution in [1.29, 1.82) is 0 Å². The zero-order chi connectivity index (χ0) is 15.4. The lowest BCUT2D eigenvalue weighted by Gasteiger charge is -2.08. The van der Waals surface area contributed by atoms with Gasteiger partial charge in [0.2, 0.25) is 5.91 Å². The lowest BCUT2D eigenvalue weighted by Crippen LogP contribution is -2.24. The Kier molecular flexibility index (Phi) is 4.95. The Morgan fingerprint density at radius 1 is 1.36 bits per heavy atom. The Hall–Kier alpha value is -1.59.